The van der Waals surface area contributed by atoms with Crippen molar-refractivity contribution in [3.63, 3.8) is 0 Å². The van der Waals surface area contributed by atoms with Crippen LogP contribution < -0.4 is 19.3 Å². The number of amides is 2. The van der Waals surface area contributed by atoms with E-state index in [1.54, 1.807) is 19.2 Å². The van der Waals surface area contributed by atoms with E-state index in [0.29, 0.717) is 42.5 Å². The number of nitrogens with one attached hydrogen (secondary N) is 1. The van der Waals surface area contributed by atoms with Crippen LogP contribution in [-0.4, -0.2) is 82.8 Å². The second-order valence-corrected chi connectivity index (χ2v) is 10.3. The van der Waals surface area contributed by atoms with Crippen LogP contribution in [-0.2, 0) is 11.2 Å². The van der Waals surface area contributed by atoms with Gasteiger partial charge in [0.05, 0.1) is 12.7 Å². The number of H-pyrrole nitrogens is 1. The zero-order valence-electron chi connectivity index (χ0n) is 22.1. The van der Waals surface area contributed by atoms with Gasteiger partial charge in [-0.2, -0.15) is 5.21 Å². The van der Waals surface area contributed by atoms with Gasteiger partial charge in [-0.3, -0.25) is 9.59 Å². The number of rotatable bonds is 6. The van der Waals surface area contributed by atoms with Crippen molar-refractivity contribution in [1.29, 1.82) is 0 Å². The first-order chi connectivity index (χ1) is 19.1. The molecule has 0 radical (unpaired) electrons. The summed E-state index contributed by atoms with van der Waals surface area (Å²) in [4.78, 5) is 32.2. The minimum absolute atomic E-state index is 0.0565. The highest BCUT2D eigenvalue weighted by Crippen LogP contribution is 2.33. The van der Waals surface area contributed by atoms with E-state index in [0.717, 1.165) is 50.9 Å². The lowest BCUT2D eigenvalue weighted by molar-refractivity contribution is -0.119. The molecule has 2 aromatic carbocycles. The molecule has 4 heterocycles. The van der Waals surface area contributed by atoms with Gasteiger partial charge in [0, 0.05) is 63.2 Å². The maximum absolute atomic E-state index is 13.5. The standard InChI is InChI=1S/C28H33N7O4/c1-38-25-18-22(39-21-12-16-34(17-13-21)28-29-31-32-30-28)7-8-23(25)27(37)33-14-10-20(11-15-33)35-24-5-3-2-4-19(24)6-9-26(35)36/h2-5,7-8,18,20-21H,6,9-17H2,1H3,(H,29,30,31,32). The number of hydrogen-bond donors (Lipinski definition) is 1. The third kappa shape index (κ3) is 5.13. The number of aromatic amines is 1. The van der Waals surface area contributed by atoms with Crippen LogP contribution in [0.1, 0.15) is 48.0 Å². The number of fused-ring (bicyclic) bond motifs is 1. The second-order valence-electron chi connectivity index (χ2n) is 10.3. The predicted molar refractivity (Wildman–Crippen MR) is 144 cm³/mol. The summed E-state index contributed by atoms with van der Waals surface area (Å²) in [5.74, 6) is 1.91. The molecule has 2 saturated heterocycles. The summed E-state index contributed by atoms with van der Waals surface area (Å²) in [5.41, 5.74) is 2.77. The van der Waals surface area contributed by atoms with Crippen molar-refractivity contribution in [2.24, 2.45) is 0 Å². The van der Waals surface area contributed by atoms with Gasteiger partial charge in [0.2, 0.25) is 5.91 Å². The largest absolute Gasteiger partial charge is 0.496 e. The van der Waals surface area contributed by atoms with Crippen molar-refractivity contribution in [1.82, 2.24) is 25.5 Å². The number of methoxy groups -OCH3 is 1. The van der Waals surface area contributed by atoms with E-state index in [1.807, 2.05) is 34.1 Å². The Kier molecular flexibility index (Phi) is 7.04. The first-order valence-electron chi connectivity index (χ1n) is 13.6. The van der Waals surface area contributed by atoms with Gasteiger partial charge in [0.25, 0.3) is 11.9 Å². The molecule has 0 atom stereocenters. The van der Waals surface area contributed by atoms with Gasteiger partial charge in [-0.1, -0.05) is 23.3 Å². The lowest BCUT2D eigenvalue weighted by Gasteiger charge is -2.41. The van der Waals surface area contributed by atoms with Crippen molar-refractivity contribution in [2.75, 3.05) is 43.1 Å². The molecule has 0 aliphatic carbocycles. The van der Waals surface area contributed by atoms with Crippen LogP contribution in [0, 0.1) is 0 Å². The molecule has 6 rings (SSSR count). The monoisotopic (exact) mass is 531 g/mol. The van der Waals surface area contributed by atoms with Gasteiger partial charge in [-0.15, -0.1) is 5.10 Å². The predicted octanol–water partition coefficient (Wildman–Crippen LogP) is 2.84. The highest BCUT2D eigenvalue weighted by atomic mass is 16.5. The third-order valence-electron chi connectivity index (χ3n) is 8.01. The number of carbonyl (C=O) groups excluding carboxylic acids is 2. The fourth-order valence-electron chi connectivity index (χ4n) is 5.93. The molecule has 2 fully saturated rings. The molecule has 0 bridgehead atoms. The Morgan fingerprint density at radius 1 is 1.00 bits per heavy atom. The van der Waals surface area contributed by atoms with Crippen molar-refractivity contribution < 1.29 is 19.1 Å². The van der Waals surface area contributed by atoms with Gasteiger partial charge < -0.3 is 24.2 Å². The Hall–Kier alpha value is -4.15. The molecule has 3 aliphatic heterocycles. The van der Waals surface area contributed by atoms with Crippen LogP contribution in [0.3, 0.4) is 0 Å². The zero-order chi connectivity index (χ0) is 26.8. The van der Waals surface area contributed by atoms with E-state index in [9.17, 15) is 9.59 Å². The maximum Gasteiger partial charge on any atom is 0.265 e. The summed E-state index contributed by atoms with van der Waals surface area (Å²) in [7, 11) is 1.57. The van der Waals surface area contributed by atoms with Crippen molar-refractivity contribution in [3.05, 3.63) is 53.6 Å². The molecule has 1 aromatic heterocycles. The minimum atomic E-state index is -0.0596. The molecule has 0 saturated carbocycles. The summed E-state index contributed by atoms with van der Waals surface area (Å²) in [5, 5.41) is 14.2. The van der Waals surface area contributed by atoms with E-state index in [4.69, 9.17) is 9.47 Å². The normalized spacial score (nSPS) is 18.7. The summed E-state index contributed by atoms with van der Waals surface area (Å²) < 4.78 is 11.8. The summed E-state index contributed by atoms with van der Waals surface area (Å²) in [6, 6.07) is 13.7. The molecule has 11 heteroatoms. The van der Waals surface area contributed by atoms with E-state index in [1.165, 1.54) is 5.56 Å². The number of carbonyl (C=O) groups is 2. The van der Waals surface area contributed by atoms with E-state index < -0.39 is 0 Å². The molecular weight excluding hydrogens is 498 g/mol. The first-order valence-corrected chi connectivity index (χ1v) is 13.6. The maximum atomic E-state index is 13.5. The van der Waals surface area contributed by atoms with Gasteiger partial charge in [-0.25, -0.2) is 0 Å². The molecule has 3 aliphatic rings. The number of ether oxygens (including phenoxy) is 2. The number of aryl methyl sites for hydroxylation is 1. The highest BCUT2D eigenvalue weighted by molar-refractivity contribution is 5.98. The molecule has 2 amide bonds. The van der Waals surface area contributed by atoms with Crippen molar-refractivity contribution in [2.45, 2.75) is 50.7 Å². The van der Waals surface area contributed by atoms with Crippen LogP contribution in [0.5, 0.6) is 11.5 Å². The average molecular weight is 532 g/mol. The van der Waals surface area contributed by atoms with E-state index in [-0.39, 0.29) is 24.0 Å². The van der Waals surface area contributed by atoms with Gasteiger partial charge in [0.15, 0.2) is 0 Å². The summed E-state index contributed by atoms with van der Waals surface area (Å²) in [6.07, 6.45) is 4.55. The van der Waals surface area contributed by atoms with E-state index >= 15 is 0 Å². The fourth-order valence-corrected chi connectivity index (χ4v) is 5.93. The molecule has 0 unspecified atom stereocenters. The SMILES string of the molecule is COc1cc(OC2CCN(c3nn[nH]n3)CC2)ccc1C(=O)N1CCC(N2C(=O)CCc3ccccc32)CC1. The zero-order valence-corrected chi connectivity index (χ0v) is 22.1. The Labute approximate surface area is 227 Å². The molecular formula is C28H33N7O4. The average Bonchev–Trinajstić information content (AvgIpc) is 3.52. The third-order valence-corrected chi connectivity index (χ3v) is 8.01. The van der Waals surface area contributed by atoms with Gasteiger partial charge in [-0.05, 0) is 48.2 Å². The topological polar surface area (TPSA) is 117 Å². The number of likely N-dealkylation sites (tertiary alicyclic amines) is 1. The molecule has 11 nitrogen and oxygen atoms in total. The van der Waals surface area contributed by atoms with Gasteiger partial charge in [0.1, 0.15) is 17.6 Å². The van der Waals surface area contributed by atoms with Crippen LogP contribution in [0.15, 0.2) is 42.5 Å². The number of aromatic nitrogens is 4. The number of tetrazole rings is 1. The second kappa shape index (κ2) is 10.9. The first kappa shape index (κ1) is 25.1. The molecule has 1 N–H and O–H groups in total. The number of para-hydroxylation sites is 1. The Morgan fingerprint density at radius 2 is 1.79 bits per heavy atom. The Balaban J connectivity index is 1.07. The quantitative estimate of drug-likeness (QED) is 0.516. The number of anilines is 2. The summed E-state index contributed by atoms with van der Waals surface area (Å²) >= 11 is 0. The molecule has 0 spiro atoms. The Bertz CT molecular complexity index is 1320. The number of hydrogen-bond acceptors (Lipinski definition) is 8. The van der Waals surface area contributed by atoms with Crippen LogP contribution in [0.25, 0.3) is 0 Å². The number of piperidine rings is 2. The fraction of sp³-hybridized carbons (Fsp3) is 0.464. The van der Waals surface area contributed by atoms with Crippen molar-refractivity contribution >= 4 is 23.5 Å². The number of benzene rings is 2. The smallest absolute Gasteiger partial charge is 0.265 e. The lowest BCUT2D eigenvalue weighted by atomic mass is 9.95. The van der Waals surface area contributed by atoms with Crippen LogP contribution in [0.4, 0.5) is 11.6 Å². The van der Waals surface area contributed by atoms with Crippen molar-refractivity contribution in [3.8, 4) is 11.5 Å². The summed E-state index contributed by atoms with van der Waals surface area (Å²) in [6.45, 7) is 2.75. The van der Waals surface area contributed by atoms with E-state index in [2.05, 4.69) is 31.6 Å². The molecule has 204 valence electrons. The lowest BCUT2D eigenvalue weighted by Crippen LogP contribution is -2.50. The molecule has 39 heavy (non-hydrogen) atoms. The van der Waals surface area contributed by atoms with Gasteiger partial charge >= 0.3 is 0 Å². The number of nitrogens with zero attached hydrogens (tertiary/aromatic N) is 6. The van der Waals surface area contributed by atoms with Crippen LogP contribution in [0.2, 0.25) is 0 Å². The van der Waals surface area contributed by atoms with Crippen LogP contribution >= 0.6 is 0 Å². The molecule has 3 aromatic rings. The highest BCUT2D eigenvalue weighted by Gasteiger charge is 2.34. The Morgan fingerprint density at radius 3 is 2.54 bits per heavy atom. The minimum Gasteiger partial charge on any atom is -0.496 e.